The van der Waals surface area contributed by atoms with Crippen LogP contribution in [0.15, 0.2) is 70.5 Å². The number of allylic oxidation sites excluding steroid dienone is 7. The van der Waals surface area contributed by atoms with Gasteiger partial charge in [-0.25, -0.2) is 0 Å². The fourth-order valence-corrected chi connectivity index (χ4v) is 5.85. The molecule has 9 nitrogen and oxygen atoms in total. The third-order valence-corrected chi connectivity index (χ3v) is 7.84. The van der Waals surface area contributed by atoms with E-state index in [1.165, 1.54) is 38.2 Å². The van der Waals surface area contributed by atoms with E-state index in [0.29, 0.717) is 0 Å². The van der Waals surface area contributed by atoms with Gasteiger partial charge in [-0.15, -0.1) is 0 Å². The molecule has 0 saturated heterocycles. The second kappa shape index (κ2) is 9.08. The minimum Gasteiger partial charge on any atom is -0.508 e. The molecule has 0 heterocycles. The molecular formula is C28H32O9. The van der Waals surface area contributed by atoms with Gasteiger partial charge in [-0.05, 0) is 47.6 Å². The molecule has 198 valence electrons. The highest BCUT2D eigenvalue weighted by atomic mass is 16.3. The van der Waals surface area contributed by atoms with E-state index in [9.17, 15) is 44.7 Å². The minimum atomic E-state index is -2.51. The zero-order chi connectivity index (χ0) is 28.2. The van der Waals surface area contributed by atoms with E-state index in [4.69, 9.17) is 0 Å². The maximum Gasteiger partial charge on any atom is 0.209 e. The molecule has 3 saturated carbocycles. The molecule has 4 aliphatic carbocycles. The van der Waals surface area contributed by atoms with Crippen molar-refractivity contribution in [1.29, 1.82) is 0 Å². The van der Waals surface area contributed by atoms with Crippen LogP contribution in [-0.4, -0.2) is 59.9 Å². The predicted molar refractivity (Wildman–Crippen MR) is 133 cm³/mol. The van der Waals surface area contributed by atoms with Gasteiger partial charge < -0.3 is 25.5 Å². The van der Waals surface area contributed by atoms with Gasteiger partial charge >= 0.3 is 0 Å². The van der Waals surface area contributed by atoms with Crippen LogP contribution < -0.4 is 0 Å². The molecule has 2 bridgehead atoms. The third-order valence-electron chi connectivity index (χ3n) is 7.84. The summed E-state index contributed by atoms with van der Waals surface area (Å²) < 4.78 is 0. The van der Waals surface area contributed by atoms with Crippen molar-refractivity contribution in [2.75, 3.05) is 0 Å². The van der Waals surface area contributed by atoms with Crippen LogP contribution in [0.25, 0.3) is 0 Å². The number of rotatable bonds is 5. The van der Waals surface area contributed by atoms with E-state index in [0.717, 1.165) is 13.8 Å². The Morgan fingerprint density at radius 3 is 2.08 bits per heavy atom. The van der Waals surface area contributed by atoms with Gasteiger partial charge in [-0.2, -0.15) is 0 Å². The number of carbonyl (C=O) groups is 4. The van der Waals surface area contributed by atoms with E-state index >= 15 is 0 Å². The predicted octanol–water partition coefficient (Wildman–Crippen LogP) is 2.83. The molecule has 0 unspecified atom stereocenters. The van der Waals surface area contributed by atoms with Crippen LogP contribution in [-0.2, 0) is 19.2 Å². The van der Waals surface area contributed by atoms with Crippen molar-refractivity contribution in [2.45, 2.75) is 52.7 Å². The summed E-state index contributed by atoms with van der Waals surface area (Å²) in [6, 6.07) is 0. The smallest absolute Gasteiger partial charge is 0.209 e. The number of aliphatic hydroxyl groups is 5. The van der Waals surface area contributed by atoms with Crippen molar-refractivity contribution < 1.29 is 44.7 Å². The highest BCUT2D eigenvalue weighted by Crippen LogP contribution is 2.60. The molecule has 0 aromatic heterocycles. The Balaban J connectivity index is 2.39. The molecule has 0 spiro atoms. The summed E-state index contributed by atoms with van der Waals surface area (Å²) >= 11 is 0. The SMILES string of the molecule is C/C=C/C=C/C(O)=C1/C(=O)[C@]2(C)C(=O)[C@@](C)(O)[C@H]1[C@H](C(=O)C1=C(O)C(C)=C(O)[C@@](C)(O)C1=O)[C@H]2/C=C/C. The summed E-state index contributed by atoms with van der Waals surface area (Å²) in [7, 11) is 0. The maximum atomic E-state index is 14.1. The van der Waals surface area contributed by atoms with Crippen molar-refractivity contribution in [3.8, 4) is 0 Å². The molecule has 3 fully saturated rings. The Morgan fingerprint density at radius 2 is 1.54 bits per heavy atom. The van der Waals surface area contributed by atoms with Gasteiger partial charge in [0.25, 0.3) is 0 Å². The Labute approximate surface area is 214 Å². The first-order valence-corrected chi connectivity index (χ1v) is 11.9. The summed E-state index contributed by atoms with van der Waals surface area (Å²) in [5, 5.41) is 53.9. The van der Waals surface area contributed by atoms with Gasteiger partial charge in [0, 0.05) is 28.9 Å². The van der Waals surface area contributed by atoms with Crippen LogP contribution in [0.3, 0.4) is 0 Å². The fourth-order valence-electron chi connectivity index (χ4n) is 5.85. The van der Waals surface area contributed by atoms with Crippen LogP contribution in [0.4, 0.5) is 0 Å². The van der Waals surface area contributed by atoms with Crippen molar-refractivity contribution in [3.63, 3.8) is 0 Å². The Hall–Kier alpha value is -3.56. The molecule has 0 aliphatic heterocycles. The highest BCUT2D eigenvalue weighted by Gasteiger charge is 2.72. The van der Waals surface area contributed by atoms with E-state index in [-0.39, 0.29) is 11.1 Å². The standard InChI is InChI=1S/C28H32O9/c1-7-9-10-12-15(29)17-19-16(14(11-8-2)26(4,23(17)33)25(35)27(19,5)36)21(31)18-20(30)13(3)22(32)28(6,37)24(18)34/h7-12,14,16,19,29-30,32,36-37H,1-6H3/b9-7+,11-8+,12-10+,17-15-/t14-,16-,19+,26-,27+,28-/m1/s1. The molecular weight excluding hydrogens is 480 g/mol. The van der Waals surface area contributed by atoms with E-state index < -0.39 is 80.4 Å². The summed E-state index contributed by atoms with van der Waals surface area (Å²) in [4.78, 5) is 54.4. The zero-order valence-corrected chi connectivity index (χ0v) is 21.6. The molecule has 37 heavy (non-hydrogen) atoms. The lowest BCUT2D eigenvalue weighted by molar-refractivity contribution is -0.180. The van der Waals surface area contributed by atoms with Gasteiger partial charge in [0.1, 0.15) is 28.5 Å². The number of ketones is 4. The van der Waals surface area contributed by atoms with Crippen LogP contribution >= 0.6 is 0 Å². The first kappa shape index (κ1) is 28.0. The first-order chi connectivity index (χ1) is 17.0. The monoisotopic (exact) mass is 512 g/mol. The van der Waals surface area contributed by atoms with Crippen molar-refractivity contribution >= 4 is 23.1 Å². The lowest BCUT2D eigenvalue weighted by Gasteiger charge is -2.58. The Morgan fingerprint density at radius 1 is 0.946 bits per heavy atom. The Bertz CT molecular complexity index is 1280. The zero-order valence-electron chi connectivity index (χ0n) is 21.6. The van der Waals surface area contributed by atoms with Gasteiger partial charge in [0.15, 0.2) is 23.0 Å². The number of Topliss-reactive ketones (excluding diaryl/α,β-unsaturated/α-hetero) is 4. The molecule has 4 aliphatic rings. The van der Waals surface area contributed by atoms with Gasteiger partial charge in [0.2, 0.25) is 5.78 Å². The number of hydrogen-bond donors (Lipinski definition) is 5. The lowest BCUT2D eigenvalue weighted by Crippen LogP contribution is -2.71. The molecule has 5 N–H and O–H groups in total. The highest BCUT2D eigenvalue weighted by molar-refractivity contribution is 6.28. The molecule has 9 heteroatoms. The Kier molecular flexibility index (Phi) is 6.87. The molecule has 0 aromatic rings. The summed E-state index contributed by atoms with van der Waals surface area (Å²) in [5.41, 5.74) is -8.28. The summed E-state index contributed by atoms with van der Waals surface area (Å²) in [5.74, 6) is -10.4. The van der Waals surface area contributed by atoms with E-state index in [1.807, 2.05) is 0 Å². The quantitative estimate of drug-likeness (QED) is 0.0928. The second-order valence-corrected chi connectivity index (χ2v) is 10.2. The lowest BCUT2D eigenvalue weighted by atomic mass is 9.42. The number of aliphatic hydroxyl groups excluding tert-OH is 3. The molecule has 0 amide bonds. The average molecular weight is 513 g/mol. The molecule has 6 atom stereocenters. The van der Waals surface area contributed by atoms with Crippen LogP contribution in [0.1, 0.15) is 41.5 Å². The van der Waals surface area contributed by atoms with Gasteiger partial charge in [-0.1, -0.05) is 30.4 Å². The summed E-state index contributed by atoms with van der Waals surface area (Å²) in [6.45, 7) is 7.94. The normalized spacial score (nSPS) is 38.2. The maximum absolute atomic E-state index is 14.1. The minimum absolute atomic E-state index is 0.297. The summed E-state index contributed by atoms with van der Waals surface area (Å²) in [6.07, 6.45) is 8.84. The van der Waals surface area contributed by atoms with Crippen molar-refractivity contribution in [1.82, 2.24) is 0 Å². The molecule has 0 radical (unpaired) electrons. The van der Waals surface area contributed by atoms with Gasteiger partial charge in [0.05, 0.1) is 5.41 Å². The largest absolute Gasteiger partial charge is 0.508 e. The van der Waals surface area contributed by atoms with Crippen LogP contribution in [0.2, 0.25) is 0 Å². The third kappa shape index (κ3) is 3.67. The second-order valence-electron chi connectivity index (χ2n) is 10.2. The number of carbonyl (C=O) groups excluding carboxylic acids is 4. The van der Waals surface area contributed by atoms with Crippen molar-refractivity contribution in [2.24, 2.45) is 23.2 Å². The average Bonchev–Trinajstić information content (AvgIpc) is 2.83. The van der Waals surface area contributed by atoms with Crippen LogP contribution in [0.5, 0.6) is 0 Å². The molecule has 0 aromatic carbocycles. The number of hydrogen-bond acceptors (Lipinski definition) is 9. The van der Waals surface area contributed by atoms with Crippen LogP contribution in [0, 0.1) is 23.2 Å². The topological polar surface area (TPSA) is 169 Å². The van der Waals surface area contributed by atoms with Gasteiger partial charge in [-0.3, -0.25) is 19.2 Å². The number of fused-ring (bicyclic) bond motifs is 3. The molecule has 4 rings (SSSR count). The first-order valence-electron chi connectivity index (χ1n) is 11.9. The fraction of sp³-hybridized carbons (Fsp3) is 0.429. The van der Waals surface area contributed by atoms with Crippen molar-refractivity contribution in [3.05, 3.63) is 70.5 Å². The van der Waals surface area contributed by atoms with E-state index in [1.54, 1.807) is 26.0 Å². The van der Waals surface area contributed by atoms with E-state index in [2.05, 4.69) is 0 Å².